The lowest BCUT2D eigenvalue weighted by atomic mass is 10.2. The van der Waals surface area contributed by atoms with Crippen LogP contribution in [0.3, 0.4) is 0 Å². The zero-order chi connectivity index (χ0) is 18.6. The maximum absolute atomic E-state index is 12.8. The third-order valence-electron chi connectivity index (χ3n) is 5.37. The number of aromatic nitrogens is 3. The highest BCUT2D eigenvalue weighted by Crippen LogP contribution is 2.10. The van der Waals surface area contributed by atoms with Gasteiger partial charge in [0.15, 0.2) is 5.65 Å². The van der Waals surface area contributed by atoms with Crippen LogP contribution in [-0.2, 0) is 4.74 Å². The van der Waals surface area contributed by atoms with Crippen molar-refractivity contribution in [1.82, 2.24) is 29.3 Å². The van der Waals surface area contributed by atoms with E-state index in [2.05, 4.69) is 20.0 Å². The van der Waals surface area contributed by atoms with Crippen molar-refractivity contribution in [2.45, 2.75) is 6.42 Å². The fourth-order valence-electron chi connectivity index (χ4n) is 3.69. The Hall–Kier alpha value is -2.23. The van der Waals surface area contributed by atoms with Crippen LogP contribution in [0.4, 0.5) is 0 Å². The zero-order valence-corrected chi connectivity index (χ0v) is 15.5. The molecule has 1 N–H and O–H groups in total. The van der Waals surface area contributed by atoms with Crippen molar-refractivity contribution >= 4 is 11.6 Å². The largest absolute Gasteiger partial charge is 0.380 e. The lowest BCUT2D eigenvalue weighted by Crippen LogP contribution is -2.50. The zero-order valence-electron chi connectivity index (χ0n) is 15.5. The minimum Gasteiger partial charge on any atom is -0.380 e. The number of ether oxygens (including phenoxy) is 1. The molecule has 0 unspecified atom stereocenters. The second-order valence-electron chi connectivity index (χ2n) is 7.12. The molecule has 1 amide bonds. The lowest BCUT2D eigenvalue weighted by molar-refractivity contribution is 0.0621. The van der Waals surface area contributed by atoms with E-state index in [1.165, 1.54) is 4.40 Å². The molecule has 0 bridgehead atoms. The Morgan fingerprint density at radius 2 is 1.81 bits per heavy atom. The summed E-state index contributed by atoms with van der Waals surface area (Å²) in [5, 5.41) is 6.28. The molecule has 2 aromatic rings. The summed E-state index contributed by atoms with van der Waals surface area (Å²) in [4.78, 5) is 31.2. The molecule has 2 fully saturated rings. The second-order valence-corrected chi connectivity index (χ2v) is 7.12. The summed E-state index contributed by atoms with van der Waals surface area (Å²) in [6.45, 7) is 9.06. The first-order valence-corrected chi connectivity index (χ1v) is 9.59. The number of amides is 1. The highest BCUT2D eigenvalue weighted by Gasteiger charge is 2.23. The number of piperazine rings is 1. The van der Waals surface area contributed by atoms with E-state index in [4.69, 9.17) is 4.74 Å². The number of carbonyl (C=O) groups is 1. The fraction of sp³-hybridized carbons (Fsp3) is 0.611. The van der Waals surface area contributed by atoms with Gasteiger partial charge in [0.05, 0.1) is 12.2 Å². The summed E-state index contributed by atoms with van der Waals surface area (Å²) in [6, 6.07) is 3.41. The number of carbonyl (C=O) groups excluding carboxylic acids is 1. The van der Waals surface area contributed by atoms with E-state index in [0.29, 0.717) is 24.3 Å². The fourth-order valence-corrected chi connectivity index (χ4v) is 3.69. The first kappa shape index (κ1) is 18.1. The molecule has 0 aromatic carbocycles. The van der Waals surface area contributed by atoms with Crippen LogP contribution in [0.15, 0.2) is 23.1 Å². The van der Waals surface area contributed by atoms with Gasteiger partial charge in [-0.05, 0) is 18.6 Å². The molecular formula is C18H26N6O3. The average Bonchev–Trinajstić information content (AvgIpc) is 2.91. The van der Waals surface area contributed by atoms with Gasteiger partial charge in [0, 0.05) is 65.2 Å². The van der Waals surface area contributed by atoms with Gasteiger partial charge >= 0.3 is 5.69 Å². The molecule has 0 radical (unpaired) electrons. The number of H-pyrrole nitrogens is 1. The van der Waals surface area contributed by atoms with E-state index >= 15 is 0 Å². The molecule has 27 heavy (non-hydrogen) atoms. The van der Waals surface area contributed by atoms with Crippen LogP contribution in [0.1, 0.15) is 16.8 Å². The Balaban J connectivity index is 1.29. The Morgan fingerprint density at radius 1 is 1.04 bits per heavy atom. The van der Waals surface area contributed by atoms with Crippen molar-refractivity contribution < 1.29 is 9.53 Å². The molecule has 4 heterocycles. The standard InChI is InChI=1S/C18H26N6O3/c25-17(15-2-3-16-19-20-18(26)24(16)14-15)23-9-7-22(8-10-23)6-5-21-4-1-12-27-13-11-21/h2-3,14H,1,4-13H2,(H,20,26). The van der Waals surface area contributed by atoms with Crippen molar-refractivity contribution in [3.05, 3.63) is 34.4 Å². The SMILES string of the molecule is O=C(c1ccc2n[nH]c(=O)n2c1)N1CCN(CCN2CCCOCC2)CC1. The van der Waals surface area contributed by atoms with Crippen molar-refractivity contribution in [3.8, 4) is 0 Å². The highest BCUT2D eigenvalue weighted by molar-refractivity contribution is 5.94. The van der Waals surface area contributed by atoms with Crippen molar-refractivity contribution in [1.29, 1.82) is 0 Å². The Labute approximate surface area is 157 Å². The number of aromatic amines is 1. The van der Waals surface area contributed by atoms with Gasteiger partial charge in [0.25, 0.3) is 5.91 Å². The number of nitrogens with zero attached hydrogens (tertiary/aromatic N) is 5. The summed E-state index contributed by atoms with van der Waals surface area (Å²) >= 11 is 0. The number of rotatable bonds is 4. The van der Waals surface area contributed by atoms with E-state index in [9.17, 15) is 9.59 Å². The van der Waals surface area contributed by atoms with Crippen LogP contribution in [0.5, 0.6) is 0 Å². The molecule has 2 aromatic heterocycles. The predicted octanol–water partition coefficient (Wildman–Crippen LogP) is -0.497. The van der Waals surface area contributed by atoms with Crippen molar-refractivity contribution in [2.75, 3.05) is 65.6 Å². The number of fused-ring (bicyclic) bond motifs is 1. The summed E-state index contributed by atoms with van der Waals surface area (Å²) in [5.74, 6) is -0.0330. The molecule has 0 atom stereocenters. The minimum atomic E-state index is -0.330. The molecule has 2 aliphatic rings. The van der Waals surface area contributed by atoms with Gasteiger partial charge in [-0.2, -0.15) is 5.10 Å². The number of hydrogen-bond donors (Lipinski definition) is 1. The van der Waals surface area contributed by atoms with Crippen LogP contribution >= 0.6 is 0 Å². The highest BCUT2D eigenvalue weighted by atomic mass is 16.5. The quantitative estimate of drug-likeness (QED) is 0.777. The Morgan fingerprint density at radius 3 is 2.63 bits per heavy atom. The maximum atomic E-state index is 12.8. The van der Waals surface area contributed by atoms with Gasteiger partial charge in [0.1, 0.15) is 0 Å². The summed E-state index contributed by atoms with van der Waals surface area (Å²) in [6.07, 6.45) is 2.67. The number of nitrogens with one attached hydrogen (secondary N) is 1. The minimum absolute atomic E-state index is 0.0330. The molecule has 2 aliphatic heterocycles. The van der Waals surface area contributed by atoms with Gasteiger partial charge in [0.2, 0.25) is 0 Å². The van der Waals surface area contributed by atoms with Gasteiger partial charge in [-0.15, -0.1) is 0 Å². The molecule has 9 nitrogen and oxygen atoms in total. The average molecular weight is 374 g/mol. The molecule has 2 saturated heterocycles. The van der Waals surface area contributed by atoms with Crippen molar-refractivity contribution in [2.24, 2.45) is 0 Å². The molecular weight excluding hydrogens is 348 g/mol. The van der Waals surface area contributed by atoms with Crippen LogP contribution in [-0.4, -0.2) is 101 Å². The van der Waals surface area contributed by atoms with Crippen LogP contribution in [0, 0.1) is 0 Å². The van der Waals surface area contributed by atoms with Gasteiger partial charge in [-0.25, -0.2) is 14.3 Å². The normalized spacial score (nSPS) is 20.1. The smallest absolute Gasteiger partial charge is 0.347 e. The second kappa shape index (κ2) is 8.20. The maximum Gasteiger partial charge on any atom is 0.347 e. The summed E-state index contributed by atoms with van der Waals surface area (Å²) in [5.41, 5.74) is 0.702. The summed E-state index contributed by atoms with van der Waals surface area (Å²) < 4.78 is 6.87. The van der Waals surface area contributed by atoms with Gasteiger partial charge in [-0.1, -0.05) is 0 Å². The summed E-state index contributed by atoms with van der Waals surface area (Å²) in [7, 11) is 0. The number of pyridine rings is 1. The van der Waals surface area contributed by atoms with E-state index < -0.39 is 0 Å². The Kier molecular flexibility index (Phi) is 5.51. The predicted molar refractivity (Wildman–Crippen MR) is 100 cm³/mol. The van der Waals surface area contributed by atoms with Gasteiger partial charge < -0.3 is 9.64 Å². The van der Waals surface area contributed by atoms with Gasteiger partial charge in [-0.3, -0.25) is 14.6 Å². The van der Waals surface area contributed by atoms with Crippen LogP contribution in [0.25, 0.3) is 5.65 Å². The van der Waals surface area contributed by atoms with Crippen LogP contribution < -0.4 is 5.69 Å². The van der Waals surface area contributed by atoms with E-state index in [0.717, 1.165) is 58.9 Å². The third kappa shape index (κ3) is 4.20. The van der Waals surface area contributed by atoms with E-state index in [1.54, 1.807) is 18.3 Å². The topological polar surface area (TPSA) is 86.2 Å². The molecule has 0 spiro atoms. The first-order valence-electron chi connectivity index (χ1n) is 9.59. The first-order chi connectivity index (χ1) is 13.2. The van der Waals surface area contributed by atoms with E-state index in [-0.39, 0.29) is 11.6 Å². The molecule has 9 heteroatoms. The Bertz CT molecular complexity index is 831. The molecule has 0 aliphatic carbocycles. The number of hydrogen-bond acceptors (Lipinski definition) is 6. The van der Waals surface area contributed by atoms with E-state index in [1.807, 2.05) is 4.90 Å². The van der Waals surface area contributed by atoms with Crippen LogP contribution in [0.2, 0.25) is 0 Å². The molecule has 0 saturated carbocycles. The third-order valence-corrected chi connectivity index (χ3v) is 5.37. The lowest BCUT2D eigenvalue weighted by Gasteiger charge is -2.35. The monoisotopic (exact) mass is 374 g/mol. The molecule has 4 rings (SSSR count). The van der Waals surface area contributed by atoms with Crippen molar-refractivity contribution in [3.63, 3.8) is 0 Å². The molecule has 146 valence electrons.